The standard InChI is InChI=1S/C18H29NO4S/c1-4-6-15-23-18(20)17(13-10-14-19(3)5-2)24(21,22)16-11-8-7-9-12-16/h7-9,11-12,17H,4-6,10,13-15H2,1-3H3. The summed E-state index contributed by atoms with van der Waals surface area (Å²) in [6.07, 6.45) is 2.53. The molecule has 0 aromatic heterocycles. The SMILES string of the molecule is CCCCOC(=O)C(CCCN(C)CC)S(=O)(=O)c1ccccc1. The molecular formula is C18H29NO4S. The Morgan fingerprint density at radius 2 is 1.83 bits per heavy atom. The van der Waals surface area contributed by atoms with Gasteiger partial charge in [-0.3, -0.25) is 4.79 Å². The van der Waals surface area contributed by atoms with Crippen LogP contribution in [0.15, 0.2) is 35.2 Å². The van der Waals surface area contributed by atoms with Crippen LogP contribution in [0.25, 0.3) is 0 Å². The summed E-state index contributed by atoms with van der Waals surface area (Å²) >= 11 is 0. The van der Waals surface area contributed by atoms with Crippen molar-refractivity contribution in [1.29, 1.82) is 0 Å². The van der Waals surface area contributed by atoms with Gasteiger partial charge in [-0.05, 0) is 51.5 Å². The van der Waals surface area contributed by atoms with Gasteiger partial charge in [-0.1, -0.05) is 38.5 Å². The van der Waals surface area contributed by atoms with Crippen LogP contribution in [0, 0.1) is 0 Å². The van der Waals surface area contributed by atoms with Gasteiger partial charge in [0.05, 0.1) is 11.5 Å². The second-order valence-corrected chi connectivity index (χ2v) is 8.04. The van der Waals surface area contributed by atoms with Gasteiger partial charge in [0.15, 0.2) is 15.1 Å². The summed E-state index contributed by atoms with van der Waals surface area (Å²) in [5.41, 5.74) is 0. The summed E-state index contributed by atoms with van der Waals surface area (Å²) in [5.74, 6) is -0.633. The van der Waals surface area contributed by atoms with Gasteiger partial charge in [0.1, 0.15) is 0 Å². The zero-order valence-corrected chi connectivity index (χ0v) is 15.7. The Labute approximate surface area is 145 Å². The van der Waals surface area contributed by atoms with Crippen LogP contribution in [0.3, 0.4) is 0 Å². The van der Waals surface area contributed by atoms with Crippen molar-refractivity contribution in [3.05, 3.63) is 30.3 Å². The van der Waals surface area contributed by atoms with Crippen molar-refractivity contribution in [3.8, 4) is 0 Å². The maximum absolute atomic E-state index is 12.8. The third kappa shape index (κ3) is 6.24. The van der Waals surface area contributed by atoms with Gasteiger partial charge in [0.2, 0.25) is 0 Å². The fourth-order valence-electron chi connectivity index (χ4n) is 2.29. The average molecular weight is 356 g/mol. The van der Waals surface area contributed by atoms with E-state index >= 15 is 0 Å². The second kappa shape index (κ2) is 10.5. The molecule has 5 nitrogen and oxygen atoms in total. The van der Waals surface area contributed by atoms with Crippen molar-refractivity contribution in [2.24, 2.45) is 0 Å². The quantitative estimate of drug-likeness (QED) is 0.451. The Morgan fingerprint density at radius 1 is 1.17 bits per heavy atom. The van der Waals surface area contributed by atoms with Gasteiger partial charge in [-0.2, -0.15) is 0 Å². The normalized spacial score (nSPS) is 13.0. The molecular weight excluding hydrogens is 326 g/mol. The number of ether oxygens (including phenoxy) is 1. The van der Waals surface area contributed by atoms with Crippen LogP contribution in [0.1, 0.15) is 39.5 Å². The second-order valence-electron chi connectivity index (χ2n) is 5.91. The minimum absolute atomic E-state index is 0.172. The molecule has 0 saturated heterocycles. The van der Waals surface area contributed by atoms with Gasteiger partial charge in [-0.25, -0.2) is 8.42 Å². The highest BCUT2D eigenvalue weighted by molar-refractivity contribution is 7.92. The van der Waals surface area contributed by atoms with Gasteiger partial charge in [-0.15, -0.1) is 0 Å². The molecule has 0 aliphatic carbocycles. The fraction of sp³-hybridized carbons (Fsp3) is 0.611. The van der Waals surface area contributed by atoms with Crippen LogP contribution in [0.4, 0.5) is 0 Å². The molecule has 1 atom stereocenters. The van der Waals surface area contributed by atoms with E-state index < -0.39 is 21.1 Å². The molecule has 1 aromatic carbocycles. The zero-order valence-electron chi connectivity index (χ0n) is 14.9. The van der Waals surface area contributed by atoms with E-state index in [0.717, 1.165) is 25.9 Å². The molecule has 1 unspecified atom stereocenters. The van der Waals surface area contributed by atoms with Gasteiger partial charge in [0.25, 0.3) is 0 Å². The van der Waals surface area contributed by atoms with Crippen molar-refractivity contribution in [2.45, 2.75) is 49.7 Å². The highest BCUT2D eigenvalue weighted by atomic mass is 32.2. The Morgan fingerprint density at radius 3 is 2.42 bits per heavy atom. The summed E-state index contributed by atoms with van der Waals surface area (Å²) in [7, 11) is -1.76. The molecule has 0 spiro atoms. The Balaban J connectivity index is 2.89. The predicted octanol–water partition coefficient (Wildman–Crippen LogP) is 2.90. The molecule has 0 heterocycles. The Bertz CT molecular complexity index is 586. The molecule has 1 aromatic rings. The minimum Gasteiger partial charge on any atom is -0.465 e. The van der Waals surface area contributed by atoms with E-state index in [1.54, 1.807) is 18.2 Å². The smallest absolute Gasteiger partial charge is 0.324 e. The van der Waals surface area contributed by atoms with E-state index in [-0.39, 0.29) is 17.9 Å². The Hall–Kier alpha value is -1.40. The third-order valence-electron chi connectivity index (χ3n) is 4.00. The number of hydrogen-bond donors (Lipinski definition) is 0. The highest BCUT2D eigenvalue weighted by Crippen LogP contribution is 2.21. The van der Waals surface area contributed by atoms with Crippen molar-refractivity contribution in [2.75, 3.05) is 26.7 Å². The first kappa shape index (κ1) is 20.6. The monoisotopic (exact) mass is 355 g/mol. The van der Waals surface area contributed by atoms with E-state index in [9.17, 15) is 13.2 Å². The first-order valence-corrected chi connectivity index (χ1v) is 10.1. The molecule has 0 aliphatic rings. The number of sulfone groups is 1. The lowest BCUT2D eigenvalue weighted by molar-refractivity contribution is -0.143. The predicted molar refractivity (Wildman–Crippen MR) is 95.7 cm³/mol. The molecule has 0 aliphatic heterocycles. The van der Waals surface area contributed by atoms with Crippen molar-refractivity contribution in [1.82, 2.24) is 4.90 Å². The molecule has 0 radical (unpaired) electrons. The number of rotatable bonds is 11. The molecule has 0 bridgehead atoms. The summed E-state index contributed by atoms with van der Waals surface area (Å²) in [6.45, 7) is 5.94. The lowest BCUT2D eigenvalue weighted by Gasteiger charge is -2.19. The van der Waals surface area contributed by atoms with Crippen molar-refractivity contribution < 1.29 is 17.9 Å². The average Bonchev–Trinajstić information content (AvgIpc) is 2.59. The number of esters is 1. The third-order valence-corrected chi connectivity index (χ3v) is 6.10. The molecule has 0 amide bonds. The van der Waals surface area contributed by atoms with E-state index in [0.29, 0.717) is 6.42 Å². The van der Waals surface area contributed by atoms with Crippen LogP contribution < -0.4 is 0 Å². The van der Waals surface area contributed by atoms with Crippen LogP contribution in [-0.2, 0) is 19.4 Å². The van der Waals surface area contributed by atoms with Gasteiger partial charge in [0, 0.05) is 0 Å². The molecule has 0 saturated carbocycles. The van der Waals surface area contributed by atoms with Crippen LogP contribution in [0.5, 0.6) is 0 Å². The summed E-state index contributed by atoms with van der Waals surface area (Å²) in [4.78, 5) is 14.6. The van der Waals surface area contributed by atoms with Gasteiger partial charge >= 0.3 is 5.97 Å². The lowest BCUT2D eigenvalue weighted by Crippen LogP contribution is -2.33. The van der Waals surface area contributed by atoms with Crippen LogP contribution in [-0.4, -0.2) is 51.3 Å². The van der Waals surface area contributed by atoms with Crippen molar-refractivity contribution >= 4 is 15.8 Å². The molecule has 1 rings (SSSR count). The topological polar surface area (TPSA) is 63.7 Å². The fourth-order valence-corrected chi connectivity index (χ4v) is 3.95. The van der Waals surface area contributed by atoms with E-state index in [2.05, 4.69) is 4.90 Å². The largest absolute Gasteiger partial charge is 0.465 e. The minimum atomic E-state index is -3.74. The number of benzene rings is 1. The summed E-state index contributed by atoms with van der Waals surface area (Å²) in [6, 6.07) is 8.14. The summed E-state index contributed by atoms with van der Waals surface area (Å²) in [5, 5.41) is -1.14. The maximum atomic E-state index is 12.8. The summed E-state index contributed by atoms with van der Waals surface area (Å²) < 4.78 is 30.9. The number of nitrogens with zero attached hydrogens (tertiary/aromatic N) is 1. The van der Waals surface area contributed by atoms with Crippen LogP contribution in [0.2, 0.25) is 0 Å². The number of carbonyl (C=O) groups is 1. The maximum Gasteiger partial charge on any atom is 0.324 e. The lowest BCUT2D eigenvalue weighted by atomic mass is 10.2. The molecule has 136 valence electrons. The number of hydrogen-bond acceptors (Lipinski definition) is 5. The molecule has 0 N–H and O–H groups in total. The first-order valence-electron chi connectivity index (χ1n) is 8.57. The van der Waals surface area contributed by atoms with Crippen molar-refractivity contribution in [3.63, 3.8) is 0 Å². The van der Waals surface area contributed by atoms with E-state index in [1.807, 2.05) is 20.9 Å². The highest BCUT2D eigenvalue weighted by Gasteiger charge is 2.34. The molecule has 6 heteroatoms. The van der Waals surface area contributed by atoms with E-state index in [1.165, 1.54) is 12.1 Å². The number of unbranched alkanes of at least 4 members (excludes halogenated alkanes) is 1. The van der Waals surface area contributed by atoms with Crippen LogP contribution >= 0.6 is 0 Å². The molecule has 24 heavy (non-hydrogen) atoms. The molecule has 0 fully saturated rings. The van der Waals surface area contributed by atoms with Gasteiger partial charge < -0.3 is 9.64 Å². The number of carbonyl (C=O) groups excluding carboxylic acids is 1. The first-order chi connectivity index (χ1) is 11.4. The Kier molecular flexibility index (Phi) is 9.00. The van der Waals surface area contributed by atoms with E-state index in [4.69, 9.17) is 4.74 Å². The zero-order chi connectivity index (χ0) is 18.0.